The third-order valence-electron chi connectivity index (χ3n) is 2.29. The number of halogens is 1. The number of rotatable bonds is 2. The molecular formula is C11H11FN4O. The molecule has 1 amide bonds. The molecule has 0 fully saturated rings. The van der Waals surface area contributed by atoms with Gasteiger partial charge in [-0.15, -0.1) is 0 Å². The minimum absolute atomic E-state index is 0.0520. The first-order valence-corrected chi connectivity index (χ1v) is 4.92. The summed E-state index contributed by atoms with van der Waals surface area (Å²) in [6, 6.07) is 5.53. The monoisotopic (exact) mass is 234 g/mol. The van der Waals surface area contributed by atoms with Crippen molar-refractivity contribution in [2.24, 2.45) is 7.05 Å². The molecule has 0 bridgehead atoms. The molecule has 0 atom stereocenters. The van der Waals surface area contributed by atoms with E-state index < -0.39 is 11.7 Å². The van der Waals surface area contributed by atoms with Gasteiger partial charge in [0.15, 0.2) is 0 Å². The lowest BCUT2D eigenvalue weighted by molar-refractivity contribution is 0.101. The maximum atomic E-state index is 13.4. The van der Waals surface area contributed by atoms with E-state index in [1.165, 1.54) is 29.1 Å². The topological polar surface area (TPSA) is 72.9 Å². The number of anilines is 2. The number of hydrogen-bond acceptors (Lipinski definition) is 3. The molecule has 1 aromatic heterocycles. The molecule has 0 saturated carbocycles. The quantitative estimate of drug-likeness (QED) is 0.771. The molecule has 2 rings (SSSR count). The molecule has 0 aliphatic heterocycles. The van der Waals surface area contributed by atoms with Gasteiger partial charge in [-0.2, -0.15) is 5.10 Å². The Kier molecular flexibility index (Phi) is 2.78. The molecule has 0 aliphatic carbocycles. The largest absolute Gasteiger partial charge is 0.399 e. The number of hydrogen-bond donors (Lipinski definition) is 2. The van der Waals surface area contributed by atoms with Crippen LogP contribution in [0, 0.1) is 5.82 Å². The highest BCUT2D eigenvalue weighted by Gasteiger charge is 2.12. The van der Waals surface area contributed by atoms with Gasteiger partial charge in [-0.1, -0.05) is 0 Å². The summed E-state index contributed by atoms with van der Waals surface area (Å²) in [5.74, 6) is -0.968. The van der Waals surface area contributed by atoms with Gasteiger partial charge in [0, 0.05) is 18.9 Å². The van der Waals surface area contributed by atoms with E-state index in [2.05, 4.69) is 10.4 Å². The number of carbonyl (C=O) groups excluding carboxylic acids is 1. The number of nitrogens with one attached hydrogen (secondary N) is 1. The Morgan fingerprint density at radius 2 is 2.24 bits per heavy atom. The molecule has 0 spiro atoms. The molecule has 17 heavy (non-hydrogen) atoms. The predicted octanol–water partition coefficient (Wildman–Crippen LogP) is 1.39. The number of aromatic nitrogens is 2. The summed E-state index contributed by atoms with van der Waals surface area (Å²) in [6.07, 6.45) is 1.49. The maximum absolute atomic E-state index is 13.4. The molecule has 1 aromatic carbocycles. The van der Waals surface area contributed by atoms with Crippen LogP contribution < -0.4 is 11.1 Å². The molecule has 2 aromatic rings. The van der Waals surface area contributed by atoms with Crippen LogP contribution in [-0.2, 0) is 7.05 Å². The lowest BCUT2D eigenvalue weighted by Crippen LogP contribution is -2.17. The molecule has 3 N–H and O–H groups in total. The molecule has 0 saturated heterocycles. The second-order valence-corrected chi connectivity index (χ2v) is 3.53. The van der Waals surface area contributed by atoms with Crippen molar-refractivity contribution in [1.82, 2.24) is 9.78 Å². The van der Waals surface area contributed by atoms with Crippen LogP contribution in [0.4, 0.5) is 15.8 Å². The standard InChI is InChI=1S/C11H11FN4O/c1-16-10(4-5-14-16)11(17)15-9-6-7(13)2-3-8(9)12/h2-6H,13H2,1H3,(H,15,17). The molecule has 6 heteroatoms. The van der Waals surface area contributed by atoms with Crippen molar-refractivity contribution in [3.8, 4) is 0 Å². The lowest BCUT2D eigenvalue weighted by atomic mass is 10.2. The average molecular weight is 234 g/mol. The number of carbonyl (C=O) groups is 1. The second kappa shape index (κ2) is 4.25. The van der Waals surface area contributed by atoms with Gasteiger partial charge >= 0.3 is 0 Å². The normalized spacial score (nSPS) is 10.2. The number of nitrogens with two attached hydrogens (primary N) is 1. The number of nitrogen functional groups attached to an aromatic ring is 1. The molecule has 88 valence electrons. The average Bonchev–Trinajstić information content (AvgIpc) is 2.70. The first-order chi connectivity index (χ1) is 8.08. The predicted molar refractivity (Wildman–Crippen MR) is 62.0 cm³/mol. The van der Waals surface area contributed by atoms with E-state index in [0.717, 1.165) is 0 Å². The minimum atomic E-state index is -0.533. The Morgan fingerprint density at radius 1 is 1.47 bits per heavy atom. The van der Waals surface area contributed by atoms with Crippen molar-refractivity contribution in [2.75, 3.05) is 11.1 Å². The second-order valence-electron chi connectivity index (χ2n) is 3.53. The van der Waals surface area contributed by atoms with Gasteiger partial charge in [0.1, 0.15) is 11.5 Å². The summed E-state index contributed by atoms with van der Waals surface area (Å²) in [4.78, 5) is 11.8. The Balaban J connectivity index is 2.24. The highest BCUT2D eigenvalue weighted by atomic mass is 19.1. The smallest absolute Gasteiger partial charge is 0.273 e. The van der Waals surface area contributed by atoms with Crippen LogP contribution in [0.25, 0.3) is 0 Å². The van der Waals surface area contributed by atoms with Crippen molar-refractivity contribution in [2.45, 2.75) is 0 Å². The van der Waals surface area contributed by atoms with E-state index in [1.54, 1.807) is 13.1 Å². The van der Waals surface area contributed by atoms with E-state index in [-0.39, 0.29) is 5.69 Å². The van der Waals surface area contributed by atoms with Crippen LogP contribution in [0.15, 0.2) is 30.5 Å². The minimum Gasteiger partial charge on any atom is -0.399 e. The van der Waals surface area contributed by atoms with Crippen LogP contribution in [0.2, 0.25) is 0 Å². The lowest BCUT2D eigenvalue weighted by Gasteiger charge is -2.07. The van der Waals surface area contributed by atoms with Gasteiger partial charge in [0.25, 0.3) is 5.91 Å². The zero-order chi connectivity index (χ0) is 12.4. The van der Waals surface area contributed by atoms with Crippen molar-refractivity contribution < 1.29 is 9.18 Å². The van der Waals surface area contributed by atoms with Gasteiger partial charge in [-0.3, -0.25) is 9.48 Å². The SMILES string of the molecule is Cn1nccc1C(=O)Nc1cc(N)ccc1F. The number of amides is 1. The van der Waals surface area contributed by atoms with Crippen LogP contribution in [0.1, 0.15) is 10.5 Å². The van der Waals surface area contributed by atoms with Crippen molar-refractivity contribution in [1.29, 1.82) is 0 Å². The fourth-order valence-corrected chi connectivity index (χ4v) is 1.42. The highest BCUT2D eigenvalue weighted by molar-refractivity contribution is 6.03. The maximum Gasteiger partial charge on any atom is 0.273 e. The van der Waals surface area contributed by atoms with Crippen LogP contribution in [-0.4, -0.2) is 15.7 Å². The van der Waals surface area contributed by atoms with Gasteiger partial charge in [-0.25, -0.2) is 4.39 Å². The van der Waals surface area contributed by atoms with Crippen LogP contribution in [0.5, 0.6) is 0 Å². The summed E-state index contributed by atoms with van der Waals surface area (Å²) in [6.45, 7) is 0. The summed E-state index contributed by atoms with van der Waals surface area (Å²) < 4.78 is 14.8. The molecule has 0 radical (unpaired) electrons. The molecule has 1 heterocycles. The summed E-state index contributed by atoms with van der Waals surface area (Å²) >= 11 is 0. The van der Waals surface area contributed by atoms with Gasteiger partial charge in [-0.05, 0) is 24.3 Å². The molecule has 0 unspecified atom stereocenters. The fourth-order valence-electron chi connectivity index (χ4n) is 1.42. The zero-order valence-corrected chi connectivity index (χ0v) is 9.14. The number of aryl methyl sites for hydroxylation is 1. The van der Waals surface area contributed by atoms with Crippen LogP contribution >= 0.6 is 0 Å². The van der Waals surface area contributed by atoms with Gasteiger partial charge in [0.2, 0.25) is 0 Å². The van der Waals surface area contributed by atoms with E-state index in [9.17, 15) is 9.18 Å². The first-order valence-electron chi connectivity index (χ1n) is 4.92. The summed E-state index contributed by atoms with van der Waals surface area (Å²) in [7, 11) is 1.63. The molecule has 0 aliphatic rings. The van der Waals surface area contributed by atoms with Gasteiger partial charge in [0.05, 0.1) is 5.69 Å². The van der Waals surface area contributed by atoms with E-state index in [4.69, 9.17) is 5.73 Å². The van der Waals surface area contributed by atoms with Crippen molar-refractivity contribution >= 4 is 17.3 Å². The Hall–Kier alpha value is -2.37. The Labute approximate surface area is 97.0 Å². The summed E-state index contributed by atoms with van der Waals surface area (Å²) in [5, 5.41) is 6.30. The number of benzene rings is 1. The van der Waals surface area contributed by atoms with Crippen molar-refractivity contribution in [3.63, 3.8) is 0 Å². The molecule has 5 nitrogen and oxygen atoms in total. The van der Waals surface area contributed by atoms with Crippen LogP contribution in [0.3, 0.4) is 0 Å². The van der Waals surface area contributed by atoms with Crippen molar-refractivity contribution in [3.05, 3.63) is 42.0 Å². The van der Waals surface area contributed by atoms with E-state index in [1.807, 2.05) is 0 Å². The van der Waals surface area contributed by atoms with E-state index in [0.29, 0.717) is 11.4 Å². The first kappa shape index (κ1) is 11.1. The highest BCUT2D eigenvalue weighted by Crippen LogP contribution is 2.18. The van der Waals surface area contributed by atoms with E-state index >= 15 is 0 Å². The Morgan fingerprint density at radius 3 is 2.88 bits per heavy atom. The van der Waals surface area contributed by atoms with Gasteiger partial charge < -0.3 is 11.1 Å². The zero-order valence-electron chi connectivity index (χ0n) is 9.14. The number of nitrogens with zero attached hydrogens (tertiary/aromatic N) is 2. The third kappa shape index (κ3) is 2.25. The Bertz CT molecular complexity index is 564. The summed E-state index contributed by atoms with van der Waals surface area (Å²) in [5.41, 5.74) is 6.29. The fraction of sp³-hybridized carbons (Fsp3) is 0.0909. The molecular weight excluding hydrogens is 223 g/mol. The third-order valence-corrected chi connectivity index (χ3v) is 2.29.